The van der Waals surface area contributed by atoms with Crippen molar-refractivity contribution in [2.75, 3.05) is 0 Å². The van der Waals surface area contributed by atoms with Crippen molar-refractivity contribution in [1.82, 2.24) is 0 Å². The highest BCUT2D eigenvalue weighted by molar-refractivity contribution is 4.83. The summed E-state index contributed by atoms with van der Waals surface area (Å²) in [5.41, 5.74) is 0. The van der Waals surface area contributed by atoms with Gasteiger partial charge in [0.1, 0.15) is 0 Å². The minimum Gasteiger partial charge on any atom is -0.383 e. The molecule has 1 aliphatic carbocycles. The Balaban J connectivity index is 2.50. The van der Waals surface area contributed by atoms with Crippen molar-refractivity contribution in [2.24, 2.45) is 5.92 Å². The first kappa shape index (κ1) is 11.7. The molecule has 1 saturated carbocycles. The lowest BCUT2D eigenvalue weighted by molar-refractivity contribution is -0.239. The molecule has 1 rings (SSSR count). The molecule has 3 nitrogen and oxygen atoms in total. The molecule has 0 aliphatic heterocycles. The van der Waals surface area contributed by atoms with Gasteiger partial charge in [0.25, 0.3) is 0 Å². The summed E-state index contributed by atoms with van der Waals surface area (Å²) in [5, 5.41) is 27.0. The van der Waals surface area contributed by atoms with Crippen LogP contribution in [0.2, 0.25) is 0 Å². The van der Waals surface area contributed by atoms with Gasteiger partial charge in [0, 0.05) is 12.8 Å². The third kappa shape index (κ3) is 2.83. The highest BCUT2D eigenvalue weighted by Gasteiger charge is 2.45. The Kier molecular flexibility index (Phi) is 3.08. The van der Waals surface area contributed by atoms with Crippen molar-refractivity contribution < 1.29 is 28.5 Å². The molecule has 1 fully saturated rings. The van der Waals surface area contributed by atoms with Gasteiger partial charge in [-0.05, 0) is 18.8 Å². The fraction of sp³-hybridized carbons (Fsp3) is 1.00. The number of aliphatic hydroxyl groups excluding tert-OH is 1. The van der Waals surface area contributed by atoms with E-state index in [1.807, 2.05) is 0 Å². The maximum atomic E-state index is 12.1. The summed E-state index contributed by atoms with van der Waals surface area (Å²) in [4.78, 5) is 0. The molecule has 1 aliphatic rings. The first-order valence-corrected chi connectivity index (χ1v) is 4.42. The molecule has 84 valence electrons. The lowest BCUT2D eigenvalue weighted by atomic mass is 9.82. The molecule has 1 atom stereocenters. The molecule has 0 bridgehead atoms. The van der Waals surface area contributed by atoms with E-state index < -0.39 is 24.0 Å². The van der Waals surface area contributed by atoms with Crippen LogP contribution in [0.1, 0.15) is 25.7 Å². The van der Waals surface area contributed by atoms with Gasteiger partial charge in [0.05, 0.1) is 0 Å². The zero-order chi connectivity index (χ0) is 11.0. The van der Waals surface area contributed by atoms with Gasteiger partial charge in [-0.2, -0.15) is 13.2 Å². The molecule has 0 amide bonds. The molecular weight excluding hydrogens is 201 g/mol. The molecule has 0 radical (unpaired) electrons. The lowest BCUT2D eigenvalue weighted by Crippen LogP contribution is -2.42. The van der Waals surface area contributed by atoms with Crippen molar-refractivity contribution in [3.8, 4) is 0 Å². The fourth-order valence-electron chi connectivity index (χ4n) is 1.69. The van der Waals surface area contributed by atoms with E-state index in [0.717, 1.165) is 0 Å². The predicted octanol–water partition coefficient (Wildman–Crippen LogP) is 0.781. The van der Waals surface area contributed by atoms with Crippen LogP contribution >= 0.6 is 0 Å². The summed E-state index contributed by atoms with van der Waals surface area (Å²) in [6.45, 7) is 0. The largest absolute Gasteiger partial charge is 0.414 e. The van der Waals surface area contributed by atoms with E-state index in [0.29, 0.717) is 0 Å². The Morgan fingerprint density at radius 1 is 1.14 bits per heavy atom. The number of hydrogen-bond acceptors (Lipinski definition) is 3. The second-order valence-electron chi connectivity index (χ2n) is 3.81. The predicted molar refractivity (Wildman–Crippen MR) is 41.2 cm³/mol. The Labute approximate surface area is 79.2 Å². The SMILES string of the molecule is OC(C1CCC(O)(O)CC1)C(F)(F)F. The molecule has 0 aromatic heterocycles. The van der Waals surface area contributed by atoms with Gasteiger partial charge in [-0.3, -0.25) is 0 Å². The molecule has 0 saturated heterocycles. The van der Waals surface area contributed by atoms with Crippen LogP contribution in [-0.2, 0) is 0 Å². The van der Waals surface area contributed by atoms with Gasteiger partial charge < -0.3 is 15.3 Å². The van der Waals surface area contributed by atoms with Crippen LogP contribution in [0.25, 0.3) is 0 Å². The van der Waals surface area contributed by atoms with Crippen molar-refractivity contribution in [3.05, 3.63) is 0 Å². The highest BCUT2D eigenvalue weighted by Crippen LogP contribution is 2.37. The maximum absolute atomic E-state index is 12.1. The van der Waals surface area contributed by atoms with Crippen LogP contribution in [0.3, 0.4) is 0 Å². The van der Waals surface area contributed by atoms with Crippen molar-refractivity contribution >= 4 is 0 Å². The van der Waals surface area contributed by atoms with Gasteiger partial charge in [-0.25, -0.2) is 0 Å². The molecule has 0 aromatic rings. The summed E-state index contributed by atoms with van der Waals surface area (Å²) in [6.07, 6.45) is -7.24. The zero-order valence-electron chi connectivity index (χ0n) is 7.46. The summed E-state index contributed by atoms with van der Waals surface area (Å²) in [6, 6.07) is 0. The topological polar surface area (TPSA) is 60.7 Å². The molecular formula is C8H13F3O3. The molecule has 14 heavy (non-hydrogen) atoms. The second kappa shape index (κ2) is 3.67. The van der Waals surface area contributed by atoms with E-state index >= 15 is 0 Å². The van der Waals surface area contributed by atoms with E-state index in [-0.39, 0.29) is 25.7 Å². The van der Waals surface area contributed by atoms with E-state index in [4.69, 9.17) is 15.3 Å². The van der Waals surface area contributed by atoms with Gasteiger partial charge in [0.15, 0.2) is 11.9 Å². The Hall–Kier alpha value is -0.330. The third-order valence-electron chi connectivity index (χ3n) is 2.61. The van der Waals surface area contributed by atoms with Crippen LogP contribution in [0.5, 0.6) is 0 Å². The number of hydrogen-bond donors (Lipinski definition) is 3. The Morgan fingerprint density at radius 2 is 1.57 bits per heavy atom. The highest BCUT2D eigenvalue weighted by atomic mass is 19.4. The summed E-state index contributed by atoms with van der Waals surface area (Å²) in [7, 11) is 0. The van der Waals surface area contributed by atoms with Gasteiger partial charge in [-0.15, -0.1) is 0 Å². The van der Waals surface area contributed by atoms with E-state index in [2.05, 4.69) is 0 Å². The first-order valence-electron chi connectivity index (χ1n) is 4.42. The number of aliphatic hydroxyl groups is 3. The molecule has 3 N–H and O–H groups in total. The summed E-state index contributed by atoms with van der Waals surface area (Å²) < 4.78 is 36.2. The smallest absolute Gasteiger partial charge is 0.383 e. The minimum atomic E-state index is -4.62. The van der Waals surface area contributed by atoms with Crippen molar-refractivity contribution in [2.45, 2.75) is 43.8 Å². The standard InChI is InChI=1S/C8H13F3O3/c9-8(10,11)6(12)5-1-3-7(13,14)4-2-5/h5-6,12-14H,1-4H2. The third-order valence-corrected chi connectivity index (χ3v) is 2.61. The second-order valence-corrected chi connectivity index (χ2v) is 3.81. The van der Waals surface area contributed by atoms with Crippen molar-refractivity contribution in [1.29, 1.82) is 0 Å². The van der Waals surface area contributed by atoms with Crippen LogP contribution in [-0.4, -0.2) is 33.4 Å². The van der Waals surface area contributed by atoms with E-state index in [1.165, 1.54) is 0 Å². The van der Waals surface area contributed by atoms with Crippen molar-refractivity contribution in [3.63, 3.8) is 0 Å². The maximum Gasteiger partial charge on any atom is 0.414 e. The lowest BCUT2D eigenvalue weighted by Gasteiger charge is -2.34. The summed E-state index contributed by atoms with van der Waals surface area (Å²) >= 11 is 0. The number of rotatable bonds is 1. The molecule has 0 aromatic carbocycles. The van der Waals surface area contributed by atoms with E-state index in [1.54, 1.807) is 0 Å². The summed E-state index contributed by atoms with van der Waals surface area (Å²) in [5.74, 6) is -2.77. The zero-order valence-corrected chi connectivity index (χ0v) is 7.46. The van der Waals surface area contributed by atoms with Gasteiger partial charge in [-0.1, -0.05) is 0 Å². The average Bonchev–Trinajstić information content (AvgIpc) is 2.01. The van der Waals surface area contributed by atoms with Gasteiger partial charge in [0.2, 0.25) is 0 Å². The normalized spacial score (nSPS) is 26.1. The van der Waals surface area contributed by atoms with Crippen LogP contribution in [0.15, 0.2) is 0 Å². The van der Waals surface area contributed by atoms with Crippen LogP contribution in [0, 0.1) is 5.92 Å². The Morgan fingerprint density at radius 3 is 1.93 bits per heavy atom. The van der Waals surface area contributed by atoms with Crippen LogP contribution < -0.4 is 0 Å². The van der Waals surface area contributed by atoms with Crippen LogP contribution in [0.4, 0.5) is 13.2 Å². The minimum absolute atomic E-state index is 0.0202. The van der Waals surface area contributed by atoms with E-state index in [9.17, 15) is 13.2 Å². The monoisotopic (exact) mass is 214 g/mol. The quantitative estimate of drug-likeness (QED) is 0.565. The average molecular weight is 214 g/mol. The molecule has 1 unspecified atom stereocenters. The number of alkyl halides is 3. The first-order chi connectivity index (χ1) is 6.22. The number of halogens is 3. The molecule has 6 heteroatoms. The Bertz CT molecular complexity index is 192. The fourth-order valence-corrected chi connectivity index (χ4v) is 1.69. The molecule has 0 heterocycles. The molecule has 0 spiro atoms. The van der Waals surface area contributed by atoms with Gasteiger partial charge >= 0.3 is 6.18 Å².